The maximum absolute atomic E-state index is 13.4. The topological polar surface area (TPSA) is 17.1 Å². The quantitative estimate of drug-likeness (QED) is 0.264. The third-order valence-electron chi connectivity index (χ3n) is 6.03. The van der Waals surface area contributed by atoms with Gasteiger partial charge in [0.2, 0.25) is 0 Å². The first-order chi connectivity index (χ1) is 15.7. The Bertz CT molecular complexity index is 1180. The Kier molecular flexibility index (Phi) is 6.16. The Morgan fingerprint density at radius 2 is 0.906 bits per heavy atom. The van der Waals surface area contributed by atoms with E-state index in [4.69, 9.17) is 23.2 Å². The zero-order valence-corrected chi connectivity index (χ0v) is 20.8. The maximum atomic E-state index is 13.4. The van der Waals surface area contributed by atoms with Crippen LogP contribution in [-0.4, -0.2) is 34.4 Å². The van der Waals surface area contributed by atoms with Gasteiger partial charge in [-0.05, 0) is 11.1 Å². The van der Waals surface area contributed by atoms with Crippen LogP contribution in [0.1, 0.15) is 15.9 Å². The van der Waals surface area contributed by atoms with E-state index in [2.05, 4.69) is 60.7 Å². The zero-order chi connectivity index (χ0) is 22.1. The summed E-state index contributed by atoms with van der Waals surface area (Å²) in [5.74, 6) is 0.103. The van der Waals surface area contributed by atoms with Crippen LogP contribution in [0.2, 0.25) is 0 Å². The van der Waals surface area contributed by atoms with Crippen LogP contribution in [0.25, 0.3) is 11.1 Å². The third-order valence-corrected chi connectivity index (χ3v) is 12.2. The molecule has 0 fully saturated rings. The van der Waals surface area contributed by atoms with Gasteiger partial charge in [-0.2, -0.15) is 0 Å². The molecule has 0 saturated carbocycles. The monoisotopic (exact) mass is 486 g/mol. The smallest absolute Gasteiger partial charge is 0.194 e. The van der Waals surface area contributed by atoms with Crippen molar-refractivity contribution in [3.05, 3.63) is 108 Å². The standard InChI is InChI=1S/C27H20Cl2OSi2/c28-17-31(19-7-3-1-4-8-19)21-11-13-23-24-14-12-22(16-26(24)27(30)25(23)15-21)32(18-29)20-9-5-2-6-10-20/h1-16H,17-18H2. The van der Waals surface area contributed by atoms with Crippen molar-refractivity contribution >= 4 is 67.3 Å². The fourth-order valence-electron chi connectivity index (χ4n) is 4.38. The molecule has 0 aliphatic heterocycles. The molecule has 0 saturated heterocycles. The van der Waals surface area contributed by atoms with E-state index in [-0.39, 0.29) is 5.78 Å². The normalized spacial score (nSPS) is 12.3. The molecule has 0 atom stereocenters. The largest absolute Gasteiger partial charge is 0.289 e. The molecule has 1 aliphatic carbocycles. The highest BCUT2D eigenvalue weighted by molar-refractivity contribution is 6.90. The fourth-order valence-corrected chi connectivity index (χ4v) is 9.91. The van der Waals surface area contributed by atoms with Gasteiger partial charge in [-0.3, -0.25) is 4.79 Å². The van der Waals surface area contributed by atoms with Crippen molar-refractivity contribution in [2.24, 2.45) is 0 Å². The molecule has 32 heavy (non-hydrogen) atoms. The van der Waals surface area contributed by atoms with Gasteiger partial charge in [-0.25, -0.2) is 0 Å². The highest BCUT2D eigenvalue weighted by Gasteiger charge is 2.30. The van der Waals surface area contributed by atoms with Crippen LogP contribution in [0, 0.1) is 0 Å². The Labute approximate surface area is 201 Å². The van der Waals surface area contributed by atoms with Crippen LogP contribution in [0.4, 0.5) is 0 Å². The molecule has 5 rings (SSSR count). The summed E-state index contributed by atoms with van der Waals surface area (Å²) in [5, 5.41) is 4.86. The van der Waals surface area contributed by atoms with E-state index in [9.17, 15) is 4.79 Å². The molecule has 1 aliphatic rings. The van der Waals surface area contributed by atoms with Crippen LogP contribution < -0.4 is 20.7 Å². The minimum absolute atomic E-state index is 0.103. The molecule has 0 N–H and O–H groups in total. The first kappa shape index (κ1) is 21.4. The van der Waals surface area contributed by atoms with Crippen molar-refractivity contribution in [3.63, 3.8) is 0 Å². The fraction of sp³-hybridized carbons (Fsp3) is 0.0741. The summed E-state index contributed by atoms with van der Waals surface area (Å²) in [6.45, 7) is 0. The van der Waals surface area contributed by atoms with E-state index < -0.39 is 17.6 Å². The lowest BCUT2D eigenvalue weighted by atomic mass is 10.1. The Balaban J connectivity index is 1.52. The third kappa shape index (κ3) is 3.80. The summed E-state index contributed by atoms with van der Waals surface area (Å²) >= 11 is 12.8. The predicted molar refractivity (Wildman–Crippen MR) is 140 cm³/mol. The number of halogens is 2. The van der Waals surface area contributed by atoms with Gasteiger partial charge in [0.05, 0.1) is 0 Å². The highest BCUT2D eigenvalue weighted by Crippen LogP contribution is 2.35. The van der Waals surface area contributed by atoms with Crippen LogP contribution >= 0.6 is 23.2 Å². The summed E-state index contributed by atoms with van der Waals surface area (Å²) in [6, 6.07) is 33.4. The number of carbonyl (C=O) groups is 1. The lowest BCUT2D eigenvalue weighted by molar-refractivity contribution is 0.104. The number of fused-ring (bicyclic) bond motifs is 3. The molecule has 1 nitrogen and oxygen atoms in total. The molecule has 0 heterocycles. The number of benzene rings is 4. The predicted octanol–water partition coefficient (Wildman–Crippen LogP) is 3.67. The molecule has 0 aromatic heterocycles. The molecule has 0 amide bonds. The average molecular weight is 488 g/mol. The van der Waals surface area contributed by atoms with Gasteiger partial charge >= 0.3 is 0 Å². The van der Waals surface area contributed by atoms with Crippen LogP contribution in [0.15, 0.2) is 97.1 Å². The van der Waals surface area contributed by atoms with Crippen molar-refractivity contribution in [3.8, 4) is 11.1 Å². The molecule has 5 heteroatoms. The number of hydrogen-bond donors (Lipinski definition) is 0. The van der Waals surface area contributed by atoms with Gasteiger partial charge in [0.15, 0.2) is 5.78 Å². The van der Waals surface area contributed by atoms with E-state index >= 15 is 0 Å². The van der Waals surface area contributed by atoms with Crippen molar-refractivity contribution in [1.29, 1.82) is 0 Å². The lowest BCUT2D eigenvalue weighted by Gasteiger charge is -2.14. The highest BCUT2D eigenvalue weighted by atomic mass is 35.5. The molecule has 0 unspecified atom stereocenters. The van der Waals surface area contributed by atoms with Gasteiger partial charge in [0.25, 0.3) is 0 Å². The van der Waals surface area contributed by atoms with E-state index in [0.29, 0.717) is 11.0 Å². The van der Waals surface area contributed by atoms with Gasteiger partial charge in [-0.15, -0.1) is 23.2 Å². The Morgan fingerprint density at radius 1 is 0.500 bits per heavy atom. The number of rotatable bonds is 6. The van der Waals surface area contributed by atoms with E-state index in [1.165, 1.54) is 20.7 Å². The molecule has 2 radical (unpaired) electrons. The number of alkyl halides is 2. The van der Waals surface area contributed by atoms with Crippen molar-refractivity contribution in [2.45, 2.75) is 0 Å². The minimum Gasteiger partial charge on any atom is -0.289 e. The number of hydrogen-bond acceptors (Lipinski definition) is 1. The average Bonchev–Trinajstić information content (AvgIpc) is 3.13. The second-order valence-corrected chi connectivity index (χ2v) is 14.2. The molecule has 156 valence electrons. The maximum Gasteiger partial charge on any atom is 0.194 e. The molecule has 0 spiro atoms. The van der Waals surface area contributed by atoms with E-state index in [0.717, 1.165) is 22.3 Å². The summed E-state index contributed by atoms with van der Waals surface area (Å²) in [4.78, 5) is 13.4. The lowest BCUT2D eigenvalue weighted by Crippen LogP contribution is -2.44. The van der Waals surface area contributed by atoms with Crippen molar-refractivity contribution in [1.82, 2.24) is 0 Å². The van der Waals surface area contributed by atoms with Crippen LogP contribution in [0.5, 0.6) is 0 Å². The Hall–Kier alpha value is -2.44. The molecular weight excluding hydrogens is 467 g/mol. The van der Waals surface area contributed by atoms with Gasteiger partial charge < -0.3 is 0 Å². The van der Waals surface area contributed by atoms with Gasteiger partial charge in [0.1, 0.15) is 17.6 Å². The van der Waals surface area contributed by atoms with Crippen molar-refractivity contribution in [2.75, 3.05) is 11.0 Å². The van der Waals surface area contributed by atoms with Gasteiger partial charge in [-0.1, -0.05) is 118 Å². The summed E-state index contributed by atoms with van der Waals surface area (Å²) in [7, 11) is -2.26. The molecular formula is C27H20Cl2OSi2. The SMILES string of the molecule is O=C1c2cc([Si](CCl)c3ccccc3)ccc2-c2ccc([Si](CCl)c3ccccc3)cc21. The van der Waals surface area contributed by atoms with Crippen LogP contribution in [0.3, 0.4) is 0 Å². The summed E-state index contributed by atoms with van der Waals surface area (Å²) in [5.41, 5.74) is 4.75. The van der Waals surface area contributed by atoms with Crippen molar-refractivity contribution < 1.29 is 4.79 Å². The van der Waals surface area contributed by atoms with Gasteiger partial charge in [0, 0.05) is 22.1 Å². The second-order valence-electron chi connectivity index (χ2n) is 7.81. The number of ketones is 1. The van der Waals surface area contributed by atoms with E-state index in [1.807, 2.05) is 36.4 Å². The minimum atomic E-state index is -1.13. The summed E-state index contributed by atoms with van der Waals surface area (Å²) in [6.07, 6.45) is 0. The summed E-state index contributed by atoms with van der Waals surface area (Å²) < 4.78 is 0. The number of carbonyl (C=O) groups excluding carboxylic acids is 1. The second kappa shape index (κ2) is 9.20. The van der Waals surface area contributed by atoms with Crippen LogP contribution in [-0.2, 0) is 0 Å². The first-order valence-electron chi connectivity index (χ1n) is 10.5. The molecule has 4 aromatic carbocycles. The van der Waals surface area contributed by atoms with E-state index in [1.54, 1.807) is 0 Å². The molecule has 0 bridgehead atoms. The first-order valence-corrected chi connectivity index (χ1v) is 15.0. The molecule has 4 aromatic rings. The Morgan fingerprint density at radius 3 is 1.28 bits per heavy atom. The zero-order valence-electron chi connectivity index (χ0n) is 17.3.